The third-order valence-electron chi connectivity index (χ3n) is 8.67. The first-order valence-corrected chi connectivity index (χ1v) is 15.4. The topological polar surface area (TPSA) is 134 Å². The van der Waals surface area contributed by atoms with Crippen molar-refractivity contribution in [1.82, 2.24) is 29.7 Å². The summed E-state index contributed by atoms with van der Waals surface area (Å²) in [4.78, 5) is 35.5. The number of carbonyl (C=O) groups is 1. The second-order valence-corrected chi connectivity index (χ2v) is 11.6. The van der Waals surface area contributed by atoms with Gasteiger partial charge in [-0.15, -0.1) is 0 Å². The zero-order valence-corrected chi connectivity index (χ0v) is 25.2. The van der Waals surface area contributed by atoms with Gasteiger partial charge in [-0.3, -0.25) is 9.69 Å². The fraction of sp³-hybridized carbons (Fsp3) is 0.424. The first-order chi connectivity index (χ1) is 21.5. The van der Waals surface area contributed by atoms with Crippen molar-refractivity contribution < 1.29 is 14.6 Å². The van der Waals surface area contributed by atoms with Gasteiger partial charge in [-0.1, -0.05) is 6.92 Å². The number of nitrogens with one attached hydrogen (secondary N) is 1. The maximum atomic E-state index is 11.8. The predicted molar refractivity (Wildman–Crippen MR) is 168 cm³/mol. The average Bonchev–Trinajstić information content (AvgIpc) is 3.51. The van der Waals surface area contributed by atoms with Gasteiger partial charge in [-0.05, 0) is 62.4 Å². The second-order valence-electron chi connectivity index (χ2n) is 11.6. The Hall–Kier alpha value is -4.53. The van der Waals surface area contributed by atoms with E-state index in [-0.39, 0.29) is 12.0 Å². The molecule has 6 rings (SSSR count). The van der Waals surface area contributed by atoms with Crippen LogP contribution in [0.1, 0.15) is 38.7 Å². The molecule has 0 saturated carbocycles. The van der Waals surface area contributed by atoms with Crippen LogP contribution in [-0.2, 0) is 4.79 Å². The van der Waals surface area contributed by atoms with Crippen LogP contribution in [0.4, 0.5) is 5.69 Å². The molecule has 1 atom stereocenters. The van der Waals surface area contributed by atoms with Crippen molar-refractivity contribution in [1.29, 1.82) is 5.26 Å². The average molecular weight is 595 g/mol. The van der Waals surface area contributed by atoms with E-state index in [4.69, 9.17) is 14.8 Å². The third kappa shape index (κ3) is 6.09. The van der Waals surface area contributed by atoms with Gasteiger partial charge in [0.1, 0.15) is 42.2 Å². The molecule has 2 N–H and O–H groups in total. The SMILES string of the molecule is CCCN1CCN(c2ccc(-c3nc4ncnc(-c5ccc(OC6CCN(C(=O)CO)CC6)c(C#N)c5)c4[nH]3)cc2)CC1C. The molecule has 2 aliphatic rings. The monoisotopic (exact) mass is 594 g/mol. The lowest BCUT2D eigenvalue weighted by atomic mass is 10.1. The number of aliphatic hydroxyl groups is 1. The van der Waals surface area contributed by atoms with E-state index in [1.54, 1.807) is 17.0 Å². The van der Waals surface area contributed by atoms with Crippen LogP contribution < -0.4 is 9.64 Å². The summed E-state index contributed by atoms with van der Waals surface area (Å²) in [6, 6.07) is 16.7. The summed E-state index contributed by atoms with van der Waals surface area (Å²) < 4.78 is 6.17. The van der Waals surface area contributed by atoms with Crippen LogP contribution in [0.3, 0.4) is 0 Å². The summed E-state index contributed by atoms with van der Waals surface area (Å²) in [5, 5.41) is 19.0. The highest BCUT2D eigenvalue weighted by molar-refractivity contribution is 5.89. The Labute approximate surface area is 257 Å². The number of fused-ring (bicyclic) bond motifs is 1. The number of aromatic amines is 1. The number of H-pyrrole nitrogens is 1. The fourth-order valence-corrected chi connectivity index (χ4v) is 6.23. The van der Waals surface area contributed by atoms with Crippen LogP contribution in [0.15, 0.2) is 48.8 Å². The number of carbonyl (C=O) groups excluding carboxylic acids is 1. The number of anilines is 1. The van der Waals surface area contributed by atoms with E-state index >= 15 is 0 Å². The van der Waals surface area contributed by atoms with E-state index in [0.717, 1.165) is 37.3 Å². The number of imidazole rings is 1. The summed E-state index contributed by atoms with van der Waals surface area (Å²) in [5.41, 5.74) is 5.24. The lowest BCUT2D eigenvalue weighted by molar-refractivity contribution is -0.135. The molecule has 228 valence electrons. The summed E-state index contributed by atoms with van der Waals surface area (Å²) in [6.45, 7) is 9.35. The minimum Gasteiger partial charge on any atom is -0.489 e. The molecule has 44 heavy (non-hydrogen) atoms. The molecular formula is C33H38N8O3. The Morgan fingerprint density at radius 1 is 1.09 bits per heavy atom. The number of ether oxygens (including phenoxy) is 1. The maximum absolute atomic E-state index is 11.8. The van der Waals surface area contributed by atoms with Gasteiger partial charge in [-0.25, -0.2) is 15.0 Å². The number of aliphatic hydroxyl groups excluding tert-OH is 1. The number of piperidine rings is 1. The van der Waals surface area contributed by atoms with E-state index in [1.807, 2.05) is 6.07 Å². The third-order valence-corrected chi connectivity index (χ3v) is 8.67. The summed E-state index contributed by atoms with van der Waals surface area (Å²) >= 11 is 0. The molecule has 2 aliphatic heterocycles. The van der Waals surface area contributed by atoms with Gasteiger partial charge in [0.2, 0.25) is 5.91 Å². The van der Waals surface area contributed by atoms with Gasteiger partial charge >= 0.3 is 0 Å². The molecule has 0 spiro atoms. The van der Waals surface area contributed by atoms with Crippen LogP contribution in [0.2, 0.25) is 0 Å². The number of rotatable bonds is 8. The normalized spacial score (nSPS) is 18.0. The number of aromatic nitrogens is 4. The summed E-state index contributed by atoms with van der Waals surface area (Å²) in [5.74, 6) is 0.938. The fourth-order valence-electron chi connectivity index (χ4n) is 6.23. The number of hydrogen-bond donors (Lipinski definition) is 2. The highest BCUT2D eigenvalue weighted by Crippen LogP contribution is 2.32. The number of likely N-dealkylation sites (tertiary alicyclic amines) is 1. The molecule has 0 bridgehead atoms. The molecule has 2 fully saturated rings. The van der Waals surface area contributed by atoms with Gasteiger partial charge < -0.3 is 24.6 Å². The smallest absolute Gasteiger partial charge is 0.248 e. The number of hydrogen-bond acceptors (Lipinski definition) is 9. The Morgan fingerprint density at radius 3 is 2.57 bits per heavy atom. The lowest BCUT2D eigenvalue weighted by Gasteiger charge is -2.41. The number of benzene rings is 2. The van der Waals surface area contributed by atoms with E-state index in [9.17, 15) is 10.1 Å². The molecular weight excluding hydrogens is 556 g/mol. The zero-order chi connectivity index (χ0) is 30.6. The molecule has 4 aromatic rings. The maximum Gasteiger partial charge on any atom is 0.248 e. The summed E-state index contributed by atoms with van der Waals surface area (Å²) in [7, 11) is 0. The van der Waals surface area contributed by atoms with Crippen molar-refractivity contribution in [3.63, 3.8) is 0 Å². The van der Waals surface area contributed by atoms with Crippen LogP contribution in [-0.4, -0.2) is 98.8 Å². The molecule has 0 aliphatic carbocycles. The molecule has 2 saturated heterocycles. The van der Waals surface area contributed by atoms with Crippen molar-refractivity contribution in [2.45, 2.75) is 45.3 Å². The van der Waals surface area contributed by atoms with Crippen molar-refractivity contribution in [3.05, 3.63) is 54.4 Å². The van der Waals surface area contributed by atoms with Crippen molar-refractivity contribution in [2.75, 3.05) is 50.8 Å². The van der Waals surface area contributed by atoms with Crippen LogP contribution in [0.25, 0.3) is 33.8 Å². The Bertz CT molecular complexity index is 1660. The van der Waals surface area contributed by atoms with Crippen LogP contribution in [0, 0.1) is 11.3 Å². The van der Waals surface area contributed by atoms with Gasteiger partial charge in [0.15, 0.2) is 5.65 Å². The minimum atomic E-state index is -0.484. The van der Waals surface area contributed by atoms with Crippen molar-refractivity contribution >= 4 is 22.8 Å². The molecule has 1 amide bonds. The molecule has 11 nitrogen and oxygen atoms in total. The number of nitrogens with zero attached hydrogens (tertiary/aromatic N) is 7. The first kappa shape index (κ1) is 29.5. The Morgan fingerprint density at radius 2 is 1.86 bits per heavy atom. The number of nitriles is 1. The molecule has 0 radical (unpaired) electrons. The Balaban J connectivity index is 1.18. The highest BCUT2D eigenvalue weighted by Gasteiger charge is 2.25. The van der Waals surface area contributed by atoms with E-state index in [2.05, 4.69) is 68.9 Å². The zero-order valence-electron chi connectivity index (χ0n) is 25.2. The molecule has 11 heteroatoms. The van der Waals surface area contributed by atoms with E-state index < -0.39 is 6.61 Å². The largest absolute Gasteiger partial charge is 0.489 e. The van der Waals surface area contributed by atoms with E-state index in [0.29, 0.717) is 66.0 Å². The lowest BCUT2D eigenvalue weighted by Crippen LogP contribution is -2.52. The van der Waals surface area contributed by atoms with Crippen LogP contribution >= 0.6 is 0 Å². The Kier molecular flexibility index (Phi) is 8.72. The quantitative estimate of drug-likeness (QED) is 0.312. The number of piperazine rings is 1. The summed E-state index contributed by atoms with van der Waals surface area (Å²) in [6.07, 6.45) is 3.83. The molecule has 1 unspecified atom stereocenters. The van der Waals surface area contributed by atoms with Gasteiger partial charge in [0, 0.05) is 68.4 Å². The van der Waals surface area contributed by atoms with E-state index in [1.165, 1.54) is 18.4 Å². The van der Waals surface area contributed by atoms with Crippen LogP contribution in [0.5, 0.6) is 5.75 Å². The highest BCUT2D eigenvalue weighted by atomic mass is 16.5. The van der Waals surface area contributed by atoms with Gasteiger partial charge in [-0.2, -0.15) is 5.26 Å². The second kappa shape index (κ2) is 13.0. The van der Waals surface area contributed by atoms with Crippen molar-refractivity contribution in [2.24, 2.45) is 0 Å². The van der Waals surface area contributed by atoms with Gasteiger partial charge in [0.05, 0.1) is 11.3 Å². The predicted octanol–water partition coefficient (Wildman–Crippen LogP) is 3.84. The van der Waals surface area contributed by atoms with Crippen molar-refractivity contribution in [3.8, 4) is 34.5 Å². The first-order valence-electron chi connectivity index (χ1n) is 15.4. The number of amides is 1. The van der Waals surface area contributed by atoms with Gasteiger partial charge in [0.25, 0.3) is 0 Å². The molecule has 2 aromatic carbocycles. The molecule has 2 aromatic heterocycles. The standard InChI is InChI=1S/C33H38N8O3/c1-3-12-39-15-16-41(19-22(39)2)26-7-4-23(5-8-26)32-37-31-30(35-21-36-33(31)38-32)24-6-9-28(25(17-24)18-34)44-27-10-13-40(14-11-27)29(43)20-42/h4-9,17,21-22,27,42H,3,10-16,19-20H2,1-2H3,(H,35,36,37,38). The minimum absolute atomic E-state index is 0.114. The molecule has 4 heterocycles.